The van der Waals surface area contributed by atoms with Crippen molar-refractivity contribution in [1.82, 2.24) is 10.3 Å². The zero-order valence-electron chi connectivity index (χ0n) is 11.6. The highest BCUT2D eigenvalue weighted by atomic mass is 32.2. The Bertz CT molecular complexity index is 554. The Kier molecular flexibility index (Phi) is 5.61. The molecule has 20 heavy (non-hydrogen) atoms. The van der Waals surface area contributed by atoms with Crippen molar-refractivity contribution in [2.45, 2.75) is 24.1 Å². The first-order valence-corrected chi connectivity index (χ1v) is 8.38. The first-order chi connectivity index (χ1) is 9.65. The number of nitrogens with one attached hydrogen (secondary N) is 1. The van der Waals surface area contributed by atoms with Gasteiger partial charge in [0.1, 0.15) is 0 Å². The molecule has 0 fully saturated rings. The van der Waals surface area contributed by atoms with Crippen LogP contribution in [0.2, 0.25) is 0 Å². The lowest BCUT2D eigenvalue weighted by Gasteiger charge is -2.12. The number of thiazole rings is 1. The van der Waals surface area contributed by atoms with Gasteiger partial charge < -0.3 is 5.32 Å². The van der Waals surface area contributed by atoms with Crippen LogP contribution in [0.4, 0.5) is 0 Å². The lowest BCUT2D eigenvalue weighted by molar-refractivity contribution is -0.118. The molecule has 5 heteroatoms. The van der Waals surface area contributed by atoms with Crippen molar-refractivity contribution in [3.05, 3.63) is 47.0 Å². The molecule has 0 aliphatic rings. The van der Waals surface area contributed by atoms with Gasteiger partial charge in [0.15, 0.2) is 4.34 Å². The smallest absolute Gasteiger partial charge is 0.230 e. The number of aryl methyl sites for hydroxylation is 1. The van der Waals surface area contributed by atoms with E-state index in [0.717, 1.165) is 10.0 Å². The summed E-state index contributed by atoms with van der Waals surface area (Å²) >= 11 is 3.08. The van der Waals surface area contributed by atoms with E-state index in [4.69, 9.17) is 0 Å². The van der Waals surface area contributed by atoms with E-state index in [1.807, 2.05) is 30.5 Å². The molecule has 1 aromatic carbocycles. The van der Waals surface area contributed by atoms with Gasteiger partial charge in [-0.25, -0.2) is 4.98 Å². The summed E-state index contributed by atoms with van der Waals surface area (Å²) in [5.41, 5.74) is 2.26. The summed E-state index contributed by atoms with van der Waals surface area (Å²) in [7, 11) is 0. The molecule has 0 aliphatic heterocycles. The monoisotopic (exact) mass is 306 g/mol. The molecular weight excluding hydrogens is 288 g/mol. The van der Waals surface area contributed by atoms with Crippen molar-refractivity contribution in [3.63, 3.8) is 0 Å². The van der Waals surface area contributed by atoms with Gasteiger partial charge in [-0.1, -0.05) is 49.0 Å². The number of benzene rings is 1. The molecule has 0 spiro atoms. The number of carbonyl (C=O) groups excluding carboxylic acids is 1. The van der Waals surface area contributed by atoms with Crippen molar-refractivity contribution >= 4 is 29.0 Å². The molecule has 1 N–H and O–H groups in total. The van der Waals surface area contributed by atoms with Crippen LogP contribution in [0.1, 0.15) is 24.1 Å². The molecule has 1 aromatic heterocycles. The minimum atomic E-state index is 0.0608. The summed E-state index contributed by atoms with van der Waals surface area (Å²) in [6.45, 7) is 4.75. The Morgan fingerprint density at radius 3 is 2.80 bits per heavy atom. The molecule has 0 unspecified atom stereocenters. The van der Waals surface area contributed by atoms with E-state index in [2.05, 4.69) is 29.4 Å². The van der Waals surface area contributed by atoms with Crippen molar-refractivity contribution < 1.29 is 4.79 Å². The maximum absolute atomic E-state index is 11.8. The van der Waals surface area contributed by atoms with Crippen molar-refractivity contribution in [1.29, 1.82) is 0 Å². The van der Waals surface area contributed by atoms with Crippen LogP contribution in [0.5, 0.6) is 0 Å². The third-order valence-corrected chi connectivity index (χ3v) is 5.04. The molecule has 1 amide bonds. The topological polar surface area (TPSA) is 42.0 Å². The molecule has 1 heterocycles. The predicted molar refractivity (Wildman–Crippen MR) is 85.4 cm³/mol. The standard InChI is InChI=1S/C15H18N2OS2/c1-11(13-6-4-3-5-7-13)8-16-14(18)10-20-15-17-12(2)9-19-15/h3-7,9,11H,8,10H2,1-2H3,(H,16,18)/t11-/m0/s1. The van der Waals surface area contributed by atoms with Crippen LogP contribution in [0, 0.1) is 6.92 Å². The van der Waals surface area contributed by atoms with Gasteiger partial charge in [-0.3, -0.25) is 4.79 Å². The fourth-order valence-corrected chi connectivity index (χ4v) is 3.42. The third kappa shape index (κ3) is 4.65. The second-order valence-corrected chi connectivity index (χ2v) is 6.74. The highest BCUT2D eigenvalue weighted by Crippen LogP contribution is 2.22. The van der Waals surface area contributed by atoms with Crippen molar-refractivity contribution in [2.75, 3.05) is 12.3 Å². The van der Waals surface area contributed by atoms with E-state index in [1.165, 1.54) is 17.3 Å². The first-order valence-electron chi connectivity index (χ1n) is 6.51. The Balaban J connectivity index is 1.72. The van der Waals surface area contributed by atoms with E-state index in [9.17, 15) is 4.79 Å². The van der Waals surface area contributed by atoms with Gasteiger partial charge in [0, 0.05) is 17.6 Å². The summed E-state index contributed by atoms with van der Waals surface area (Å²) in [5, 5.41) is 4.97. The summed E-state index contributed by atoms with van der Waals surface area (Å²) in [6.07, 6.45) is 0. The highest BCUT2D eigenvalue weighted by Gasteiger charge is 2.09. The normalized spacial score (nSPS) is 12.1. The number of thioether (sulfide) groups is 1. The van der Waals surface area contributed by atoms with Gasteiger partial charge in [0.25, 0.3) is 0 Å². The minimum Gasteiger partial charge on any atom is -0.355 e. The van der Waals surface area contributed by atoms with Gasteiger partial charge in [0.2, 0.25) is 5.91 Å². The van der Waals surface area contributed by atoms with Crippen LogP contribution in [-0.4, -0.2) is 23.2 Å². The summed E-state index contributed by atoms with van der Waals surface area (Å²) in [6, 6.07) is 10.2. The maximum atomic E-state index is 11.8. The van der Waals surface area contributed by atoms with E-state index in [0.29, 0.717) is 18.2 Å². The minimum absolute atomic E-state index is 0.0608. The van der Waals surface area contributed by atoms with Crippen LogP contribution in [0.3, 0.4) is 0 Å². The number of hydrogen-bond donors (Lipinski definition) is 1. The molecule has 3 nitrogen and oxygen atoms in total. The van der Waals surface area contributed by atoms with Crippen LogP contribution in [-0.2, 0) is 4.79 Å². The summed E-state index contributed by atoms with van der Waals surface area (Å²) in [4.78, 5) is 16.1. The van der Waals surface area contributed by atoms with E-state index in [-0.39, 0.29) is 5.91 Å². The van der Waals surface area contributed by atoms with Crippen LogP contribution in [0.15, 0.2) is 40.1 Å². The van der Waals surface area contributed by atoms with Crippen molar-refractivity contribution in [3.8, 4) is 0 Å². The lowest BCUT2D eigenvalue weighted by Crippen LogP contribution is -2.28. The Hall–Kier alpha value is -1.33. The zero-order valence-corrected chi connectivity index (χ0v) is 13.3. The molecule has 2 aromatic rings. The highest BCUT2D eigenvalue weighted by molar-refractivity contribution is 8.01. The zero-order chi connectivity index (χ0) is 14.4. The Morgan fingerprint density at radius 2 is 2.15 bits per heavy atom. The van der Waals surface area contributed by atoms with Crippen LogP contribution >= 0.6 is 23.1 Å². The molecule has 0 radical (unpaired) electrons. The second kappa shape index (κ2) is 7.45. The molecule has 1 atom stereocenters. The molecule has 0 bridgehead atoms. The van der Waals surface area contributed by atoms with Gasteiger partial charge in [-0.05, 0) is 18.4 Å². The van der Waals surface area contributed by atoms with Crippen molar-refractivity contribution in [2.24, 2.45) is 0 Å². The molecule has 0 aliphatic carbocycles. The fraction of sp³-hybridized carbons (Fsp3) is 0.333. The average molecular weight is 306 g/mol. The van der Waals surface area contributed by atoms with Gasteiger partial charge in [-0.2, -0.15) is 0 Å². The number of nitrogens with zero attached hydrogens (tertiary/aromatic N) is 1. The number of aromatic nitrogens is 1. The number of amides is 1. The van der Waals surface area contributed by atoms with E-state index in [1.54, 1.807) is 11.3 Å². The predicted octanol–water partition coefficient (Wildman–Crippen LogP) is 3.46. The second-order valence-electron chi connectivity index (χ2n) is 4.66. The van der Waals surface area contributed by atoms with Gasteiger partial charge in [0.05, 0.1) is 5.75 Å². The number of carbonyl (C=O) groups is 1. The maximum Gasteiger partial charge on any atom is 0.230 e. The largest absolute Gasteiger partial charge is 0.355 e. The van der Waals surface area contributed by atoms with Gasteiger partial charge in [-0.15, -0.1) is 11.3 Å². The number of hydrogen-bond acceptors (Lipinski definition) is 4. The fourth-order valence-electron chi connectivity index (χ4n) is 1.74. The SMILES string of the molecule is Cc1csc(SCC(=O)NC[C@H](C)c2ccccc2)n1. The molecular formula is C15H18N2OS2. The van der Waals surface area contributed by atoms with Gasteiger partial charge >= 0.3 is 0 Å². The Morgan fingerprint density at radius 1 is 1.40 bits per heavy atom. The van der Waals surface area contributed by atoms with Crippen LogP contribution < -0.4 is 5.32 Å². The molecule has 2 rings (SSSR count). The summed E-state index contributed by atoms with van der Waals surface area (Å²) < 4.78 is 0.953. The molecule has 0 saturated carbocycles. The van der Waals surface area contributed by atoms with Crippen LogP contribution in [0.25, 0.3) is 0 Å². The number of rotatable bonds is 6. The lowest BCUT2D eigenvalue weighted by atomic mass is 10.0. The summed E-state index contributed by atoms with van der Waals surface area (Å²) in [5.74, 6) is 0.812. The quantitative estimate of drug-likeness (QED) is 0.831. The average Bonchev–Trinajstić information content (AvgIpc) is 2.89. The molecule has 0 saturated heterocycles. The van der Waals surface area contributed by atoms with E-state index < -0.39 is 0 Å². The van der Waals surface area contributed by atoms with E-state index >= 15 is 0 Å². The Labute approximate surface area is 127 Å². The molecule has 106 valence electrons. The first kappa shape index (κ1) is 15.1. The third-order valence-electron chi connectivity index (χ3n) is 2.90.